The summed E-state index contributed by atoms with van der Waals surface area (Å²) in [5, 5.41) is 22.3. The molecule has 1 fully saturated rings. The number of nitrogens with one attached hydrogen (secondary N) is 1. The normalized spacial score (nSPS) is 17.9. The lowest BCUT2D eigenvalue weighted by Crippen LogP contribution is -3.19. The number of fused-ring (bicyclic) bond motifs is 2. The Labute approximate surface area is 168 Å². The predicted molar refractivity (Wildman–Crippen MR) is 109 cm³/mol. The fourth-order valence-corrected chi connectivity index (χ4v) is 4.14. The molecule has 7 heteroatoms. The molecule has 3 heterocycles. The number of benzene rings is 2. The third-order valence-electron chi connectivity index (χ3n) is 5.68. The van der Waals surface area contributed by atoms with Gasteiger partial charge in [-0.2, -0.15) is 0 Å². The largest absolute Gasteiger partial charge is 0.504 e. The minimum Gasteiger partial charge on any atom is -0.504 e. The first-order valence-corrected chi connectivity index (χ1v) is 9.94. The van der Waals surface area contributed by atoms with Crippen molar-refractivity contribution in [3.8, 4) is 11.5 Å². The molecule has 0 amide bonds. The lowest BCUT2D eigenvalue weighted by Gasteiger charge is -2.23. The smallest absolute Gasteiger partial charge is 0.172 e. The van der Waals surface area contributed by atoms with E-state index in [1.54, 1.807) is 13.2 Å². The quantitative estimate of drug-likeness (QED) is 0.632. The maximum atomic E-state index is 10.8. The Morgan fingerprint density at radius 2 is 2.00 bits per heavy atom. The van der Waals surface area contributed by atoms with Gasteiger partial charge in [-0.05, 0) is 18.2 Å². The summed E-state index contributed by atoms with van der Waals surface area (Å²) in [6.07, 6.45) is 1.75. The number of hydrogen-bond donors (Lipinski definition) is 3. The van der Waals surface area contributed by atoms with E-state index in [1.807, 2.05) is 36.4 Å². The van der Waals surface area contributed by atoms with Crippen LogP contribution in [-0.2, 0) is 6.54 Å². The fraction of sp³-hybridized carbons (Fsp3) is 0.273. The summed E-state index contributed by atoms with van der Waals surface area (Å²) in [4.78, 5) is 1.49. The van der Waals surface area contributed by atoms with Crippen LogP contribution >= 0.6 is 0 Å². The second-order valence-corrected chi connectivity index (χ2v) is 7.48. The van der Waals surface area contributed by atoms with Gasteiger partial charge in [-0.3, -0.25) is 0 Å². The van der Waals surface area contributed by atoms with E-state index in [-0.39, 0.29) is 5.75 Å². The highest BCUT2D eigenvalue weighted by molar-refractivity contribution is 5.95. The van der Waals surface area contributed by atoms with Crippen LogP contribution in [0.4, 0.5) is 5.69 Å². The zero-order chi connectivity index (χ0) is 19.8. The number of methoxy groups -OCH3 is 1. The molecule has 0 saturated carbocycles. The first-order valence-electron chi connectivity index (χ1n) is 9.94. The van der Waals surface area contributed by atoms with Crippen molar-refractivity contribution in [1.82, 2.24) is 0 Å². The van der Waals surface area contributed by atoms with E-state index in [9.17, 15) is 5.11 Å². The van der Waals surface area contributed by atoms with Crippen molar-refractivity contribution in [3.63, 3.8) is 0 Å². The monoisotopic (exact) mass is 392 g/mol. The van der Waals surface area contributed by atoms with Crippen LogP contribution in [0.25, 0.3) is 22.7 Å². The van der Waals surface area contributed by atoms with Crippen LogP contribution in [0.15, 0.2) is 51.0 Å². The topological polar surface area (TPSA) is 88.4 Å². The zero-order valence-electron chi connectivity index (χ0n) is 16.3. The number of furan rings is 1. The molecule has 0 bridgehead atoms. The minimum atomic E-state index is 0.123. The van der Waals surface area contributed by atoms with E-state index < -0.39 is 0 Å². The van der Waals surface area contributed by atoms with Crippen molar-refractivity contribution in [1.29, 1.82) is 0 Å². The van der Waals surface area contributed by atoms with Gasteiger partial charge in [0.05, 0.1) is 29.4 Å². The van der Waals surface area contributed by atoms with E-state index in [2.05, 4.69) is 15.5 Å². The summed E-state index contributed by atoms with van der Waals surface area (Å²) in [6, 6.07) is 11.5. The van der Waals surface area contributed by atoms with Gasteiger partial charge in [-0.25, -0.2) is 0 Å². The second-order valence-electron chi connectivity index (χ2n) is 7.48. The zero-order valence-corrected chi connectivity index (χ0v) is 16.3. The van der Waals surface area contributed by atoms with Crippen LogP contribution < -0.4 is 15.0 Å². The third-order valence-corrected chi connectivity index (χ3v) is 5.68. The summed E-state index contributed by atoms with van der Waals surface area (Å²) in [6.45, 7) is 5.25. The van der Waals surface area contributed by atoms with Crippen LogP contribution in [-0.4, -0.2) is 38.4 Å². The Morgan fingerprint density at radius 3 is 2.83 bits per heavy atom. The van der Waals surface area contributed by atoms with Crippen molar-refractivity contribution < 1.29 is 24.5 Å². The molecule has 2 aliphatic heterocycles. The number of ether oxygens (including phenoxy) is 1. The average molecular weight is 392 g/mol. The average Bonchev–Trinajstić information content (AvgIpc) is 3.31. The van der Waals surface area contributed by atoms with Gasteiger partial charge >= 0.3 is 0 Å². The van der Waals surface area contributed by atoms with Crippen LogP contribution in [0.1, 0.15) is 16.9 Å². The van der Waals surface area contributed by atoms with Gasteiger partial charge in [0.25, 0.3) is 0 Å². The number of nitrogens with two attached hydrogens (primary N) is 1. The van der Waals surface area contributed by atoms with Crippen molar-refractivity contribution >= 4 is 28.4 Å². The molecular weight excluding hydrogens is 368 g/mol. The summed E-state index contributed by atoms with van der Waals surface area (Å²) < 4.78 is 11.8. The molecule has 4 N–H and O–H groups in total. The SMILES string of the molecule is COc1ccc2c(O)c(/C=C3/N=Nc4ccccc43)oc2c1C[NH+]1CC[NH2+]CC1. The predicted octanol–water partition coefficient (Wildman–Crippen LogP) is 1.70. The lowest BCUT2D eigenvalue weighted by molar-refractivity contribution is -0.957. The molecule has 7 nitrogen and oxygen atoms in total. The number of aromatic hydroxyl groups is 1. The summed E-state index contributed by atoms with van der Waals surface area (Å²) >= 11 is 0. The Bertz CT molecular complexity index is 1130. The van der Waals surface area contributed by atoms with Crippen LogP contribution in [0.5, 0.6) is 11.5 Å². The number of rotatable bonds is 4. The van der Waals surface area contributed by atoms with Gasteiger partial charge in [0.15, 0.2) is 17.1 Å². The second kappa shape index (κ2) is 7.35. The van der Waals surface area contributed by atoms with Gasteiger partial charge in [0.2, 0.25) is 0 Å². The molecule has 2 aliphatic rings. The van der Waals surface area contributed by atoms with Crippen molar-refractivity contribution in [3.05, 3.63) is 53.3 Å². The summed E-state index contributed by atoms with van der Waals surface area (Å²) in [5.41, 5.74) is 4.11. The highest BCUT2D eigenvalue weighted by Crippen LogP contribution is 2.41. The molecule has 0 unspecified atom stereocenters. The Balaban J connectivity index is 1.58. The fourth-order valence-electron chi connectivity index (χ4n) is 4.14. The standard InChI is InChI=1S/C22H22N4O3/c1-28-19-7-6-15-21(27)20(12-18-14-4-2-3-5-17(14)24-25-18)29-22(15)16(19)13-26-10-8-23-9-11-26/h2-7,12,23,27H,8-11,13H2,1H3/p+2/b18-12+. The van der Waals surface area contributed by atoms with Crippen LogP contribution in [0.2, 0.25) is 0 Å². The number of hydrogen-bond acceptors (Lipinski definition) is 5. The Hall–Kier alpha value is -3.16. The van der Waals surface area contributed by atoms with Gasteiger partial charge in [0, 0.05) is 11.6 Å². The molecule has 2 aromatic carbocycles. The summed E-state index contributed by atoms with van der Waals surface area (Å²) in [7, 11) is 1.67. The molecule has 0 radical (unpaired) electrons. The lowest BCUT2D eigenvalue weighted by atomic mass is 10.1. The van der Waals surface area contributed by atoms with Gasteiger partial charge < -0.3 is 24.5 Å². The van der Waals surface area contributed by atoms with E-state index in [0.717, 1.165) is 55.3 Å². The van der Waals surface area contributed by atoms with Crippen LogP contribution in [0, 0.1) is 0 Å². The third kappa shape index (κ3) is 3.18. The van der Waals surface area contributed by atoms with Gasteiger partial charge in [-0.1, -0.05) is 18.2 Å². The van der Waals surface area contributed by atoms with E-state index in [1.165, 1.54) is 4.90 Å². The molecule has 148 valence electrons. The van der Waals surface area contributed by atoms with Crippen molar-refractivity contribution in [2.24, 2.45) is 10.2 Å². The van der Waals surface area contributed by atoms with Gasteiger partial charge in [-0.15, -0.1) is 10.2 Å². The van der Waals surface area contributed by atoms with E-state index in [0.29, 0.717) is 22.4 Å². The highest BCUT2D eigenvalue weighted by atomic mass is 16.5. The molecule has 0 atom stereocenters. The molecule has 5 rings (SSSR count). The molecule has 3 aromatic rings. The highest BCUT2D eigenvalue weighted by Gasteiger charge is 2.24. The molecule has 0 spiro atoms. The maximum absolute atomic E-state index is 10.8. The number of nitrogens with zero attached hydrogens (tertiary/aromatic N) is 2. The first kappa shape index (κ1) is 17.9. The molecule has 29 heavy (non-hydrogen) atoms. The Kier molecular flexibility index (Phi) is 4.54. The van der Waals surface area contributed by atoms with Gasteiger partial charge in [0.1, 0.15) is 38.5 Å². The molecule has 0 aliphatic carbocycles. The van der Waals surface area contributed by atoms with Crippen molar-refractivity contribution in [2.75, 3.05) is 33.3 Å². The molecule has 1 saturated heterocycles. The van der Waals surface area contributed by atoms with Crippen LogP contribution in [0.3, 0.4) is 0 Å². The summed E-state index contributed by atoms with van der Waals surface area (Å²) in [5.74, 6) is 1.30. The first-order chi connectivity index (χ1) is 14.2. The van der Waals surface area contributed by atoms with E-state index >= 15 is 0 Å². The maximum Gasteiger partial charge on any atom is 0.172 e. The molecule has 1 aromatic heterocycles. The van der Waals surface area contributed by atoms with Crippen molar-refractivity contribution in [2.45, 2.75) is 6.54 Å². The minimum absolute atomic E-state index is 0.123. The molecular formula is C22H24N4O3+2. The van der Waals surface area contributed by atoms with E-state index in [4.69, 9.17) is 9.15 Å². The number of piperazine rings is 1. The number of azo groups is 1. The number of quaternary nitrogens is 2. The Morgan fingerprint density at radius 1 is 1.17 bits per heavy atom.